The Morgan fingerprint density at radius 2 is 1.83 bits per heavy atom. The molecule has 102 valence electrons. The third-order valence-electron chi connectivity index (χ3n) is 3.26. The number of anilines is 1. The summed E-state index contributed by atoms with van der Waals surface area (Å²) in [4.78, 5) is 0. The van der Waals surface area contributed by atoms with E-state index < -0.39 is 0 Å². The molecule has 0 aromatic heterocycles. The van der Waals surface area contributed by atoms with E-state index >= 15 is 0 Å². The largest absolute Gasteiger partial charge is 0.382 e. The van der Waals surface area contributed by atoms with Crippen molar-refractivity contribution in [2.75, 3.05) is 12.4 Å². The maximum Gasteiger partial charge on any atom is 0.0642 e. The Balaban J connectivity index is 2.51. The molecule has 1 N–H and O–H groups in total. The Morgan fingerprint density at radius 3 is 2.33 bits per heavy atom. The van der Waals surface area contributed by atoms with Crippen molar-refractivity contribution in [3.63, 3.8) is 0 Å². The van der Waals surface area contributed by atoms with Crippen LogP contribution in [0.5, 0.6) is 0 Å². The van der Waals surface area contributed by atoms with Gasteiger partial charge in [0.1, 0.15) is 0 Å². The molecule has 0 aliphatic rings. The molecule has 0 saturated heterocycles. The van der Waals surface area contributed by atoms with Crippen LogP contribution in [0, 0.1) is 0 Å². The van der Waals surface area contributed by atoms with E-state index in [9.17, 15) is 0 Å². The van der Waals surface area contributed by atoms with Crippen LogP contribution in [0.1, 0.15) is 46.1 Å². The quantitative estimate of drug-likeness (QED) is 0.780. The molecule has 0 aliphatic heterocycles. The molecule has 0 saturated carbocycles. The van der Waals surface area contributed by atoms with Crippen molar-refractivity contribution >= 4 is 5.69 Å². The summed E-state index contributed by atoms with van der Waals surface area (Å²) in [5.41, 5.74) is 2.52. The molecule has 2 nitrogen and oxygen atoms in total. The van der Waals surface area contributed by atoms with Crippen LogP contribution in [0.15, 0.2) is 24.3 Å². The molecule has 0 spiro atoms. The molecule has 0 heterocycles. The molecule has 1 aromatic rings. The lowest BCUT2D eigenvalue weighted by atomic mass is 9.99. The van der Waals surface area contributed by atoms with Crippen molar-refractivity contribution in [3.05, 3.63) is 29.8 Å². The lowest BCUT2D eigenvalue weighted by Crippen LogP contribution is -2.31. The molecule has 18 heavy (non-hydrogen) atoms. The molecule has 0 radical (unpaired) electrons. The number of ether oxygens (including phenoxy) is 1. The first kappa shape index (κ1) is 15.0. The zero-order chi connectivity index (χ0) is 13.6. The first-order valence-corrected chi connectivity index (χ1v) is 6.87. The topological polar surface area (TPSA) is 21.3 Å². The predicted octanol–water partition coefficient (Wildman–Crippen LogP) is 4.25. The van der Waals surface area contributed by atoms with Crippen molar-refractivity contribution in [1.82, 2.24) is 0 Å². The van der Waals surface area contributed by atoms with Crippen LogP contribution in [0.4, 0.5) is 5.69 Å². The molecule has 1 aromatic carbocycles. The molecule has 1 atom stereocenters. The molecule has 0 amide bonds. The normalized spacial score (nSPS) is 13.4. The Bertz CT molecular complexity index is 343. The minimum atomic E-state index is -0.0748. The second-order valence-corrected chi connectivity index (χ2v) is 5.66. The number of aryl methyl sites for hydroxylation is 1. The Morgan fingerprint density at radius 1 is 1.22 bits per heavy atom. The smallest absolute Gasteiger partial charge is 0.0642 e. The van der Waals surface area contributed by atoms with Gasteiger partial charge in [0, 0.05) is 18.8 Å². The summed E-state index contributed by atoms with van der Waals surface area (Å²) in [7, 11) is 1.77. The van der Waals surface area contributed by atoms with E-state index in [1.807, 2.05) is 0 Å². The van der Waals surface area contributed by atoms with Gasteiger partial charge in [-0.3, -0.25) is 0 Å². The van der Waals surface area contributed by atoms with E-state index in [1.54, 1.807) is 7.11 Å². The van der Waals surface area contributed by atoms with Gasteiger partial charge in [-0.1, -0.05) is 25.5 Å². The SMILES string of the molecule is CCCc1ccc(NC(C)CC(C)(C)OC)cc1. The third kappa shape index (κ3) is 5.09. The molecule has 1 unspecified atom stereocenters. The lowest BCUT2D eigenvalue weighted by Gasteiger charge is -2.27. The third-order valence-corrected chi connectivity index (χ3v) is 3.26. The zero-order valence-corrected chi connectivity index (χ0v) is 12.4. The highest BCUT2D eigenvalue weighted by atomic mass is 16.5. The maximum absolute atomic E-state index is 5.46. The lowest BCUT2D eigenvalue weighted by molar-refractivity contribution is 0.0128. The number of methoxy groups -OCH3 is 1. The zero-order valence-electron chi connectivity index (χ0n) is 12.4. The van der Waals surface area contributed by atoms with Crippen molar-refractivity contribution in [2.45, 2.75) is 58.6 Å². The Hall–Kier alpha value is -1.02. The fourth-order valence-corrected chi connectivity index (χ4v) is 2.21. The maximum atomic E-state index is 5.46. The van der Waals surface area contributed by atoms with Crippen LogP contribution in [0.25, 0.3) is 0 Å². The summed E-state index contributed by atoms with van der Waals surface area (Å²) in [6, 6.07) is 9.15. The summed E-state index contributed by atoms with van der Waals surface area (Å²) < 4.78 is 5.46. The van der Waals surface area contributed by atoms with Crippen LogP contribution < -0.4 is 5.32 Å². The Labute approximate surface area is 112 Å². The average molecular weight is 249 g/mol. The molecule has 0 bridgehead atoms. The molecule has 0 aliphatic carbocycles. The van der Waals surface area contributed by atoms with Crippen LogP contribution >= 0.6 is 0 Å². The van der Waals surface area contributed by atoms with Crippen LogP contribution in [-0.2, 0) is 11.2 Å². The van der Waals surface area contributed by atoms with E-state index in [0.717, 1.165) is 12.8 Å². The number of benzene rings is 1. The van der Waals surface area contributed by atoms with Gasteiger partial charge in [-0.05, 0) is 51.3 Å². The van der Waals surface area contributed by atoms with Gasteiger partial charge in [-0.15, -0.1) is 0 Å². The predicted molar refractivity (Wildman–Crippen MR) is 79.2 cm³/mol. The van der Waals surface area contributed by atoms with Gasteiger partial charge in [0.05, 0.1) is 5.60 Å². The van der Waals surface area contributed by atoms with Crippen molar-refractivity contribution in [1.29, 1.82) is 0 Å². The van der Waals surface area contributed by atoms with Crippen molar-refractivity contribution < 1.29 is 4.74 Å². The van der Waals surface area contributed by atoms with Gasteiger partial charge >= 0.3 is 0 Å². The molecule has 1 rings (SSSR count). The number of hydrogen-bond acceptors (Lipinski definition) is 2. The highest BCUT2D eigenvalue weighted by molar-refractivity contribution is 5.45. The first-order valence-electron chi connectivity index (χ1n) is 6.87. The van der Waals surface area contributed by atoms with Gasteiger partial charge < -0.3 is 10.1 Å². The summed E-state index contributed by atoms with van der Waals surface area (Å²) in [6.07, 6.45) is 3.35. The number of rotatable bonds is 7. The van der Waals surface area contributed by atoms with Crippen LogP contribution in [0.2, 0.25) is 0 Å². The van der Waals surface area contributed by atoms with Crippen molar-refractivity contribution in [2.24, 2.45) is 0 Å². The van der Waals surface area contributed by atoms with Gasteiger partial charge in [-0.2, -0.15) is 0 Å². The molecular weight excluding hydrogens is 222 g/mol. The average Bonchev–Trinajstić information content (AvgIpc) is 2.31. The summed E-state index contributed by atoms with van der Waals surface area (Å²) >= 11 is 0. The minimum absolute atomic E-state index is 0.0748. The highest BCUT2D eigenvalue weighted by Crippen LogP contribution is 2.19. The molecule has 0 fully saturated rings. The first-order chi connectivity index (χ1) is 8.46. The number of nitrogens with one attached hydrogen (secondary N) is 1. The van der Waals surface area contributed by atoms with Gasteiger partial charge in [0.25, 0.3) is 0 Å². The summed E-state index contributed by atoms with van der Waals surface area (Å²) in [5, 5.41) is 3.52. The minimum Gasteiger partial charge on any atom is -0.382 e. The van der Waals surface area contributed by atoms with E-state index in [-0.39, 0.29) is 5.60 Å². The van der Waals surface area contributed by atoms with E-state index in [2.05, 4.69) is 57.3 Å². The van der Waals surface area contributed by atoms with Gasteiger partial charge in [-0.25, -0.2) is 0 Å². The number of hydrogen-bond donors (Lipinski definition) is 1. The standard InChI is InChI=1S/C16H27NO/c1-6-7-14-8-10-15(11-9-14)17-13(2)12-16(3,4)18-5/h8-11,13,17H,6-7,12H2,1-5H3. The Kier molecular flexibility index (Phi) is 5.67. The van der Waals surface area contributed by atoms with E-state index in [4.69, 9.17) is 4.74 Å². The fraction of sp³-hybridized carbons (Fsp3) is 0.625. The monoisotopic (exact) mass is 249 g/mol. The van der Waals surface area contributed by atoms with Crippen molar-refractivity contribution in [3.8, 4) is 0 Å². The second-order valence-electron chi connectivity index (χ2n) is 5.66. The summed E-state index contributed by atoms with van der Waals surface area (Å²) in [5.74, 6) is 0. The van der Waals surface area contributed by atoms with Gasteiger partial charge in [0.2, 0.25) is 0 Å². The van der Waals surface area contributed by atoms with E-state index in [1.165, 1.54) is 17.7 Å². The molecule has 2 heteroatoms. The van der Waals surface area contributed by atoms with Crippen LogP contribution in [-0.4, -0.2) is 18.8 Å². The summed E-state index contributed by atoms with van der Waals surface area (Å²) in [6.45, 7) is 8.65. The fourth-order valence-electron chi connectivity index (χ4n) is 2.21. The second kappa shape index (κ2) is 6.79. The highest BCUT2D eigenvalue weighted by Gasteiger charge is 2.19. The van der Waals surface area contributed by atoms with Crippen LogP contribution in [0.3, 0.4) is 0 Å². The molecular formula is C16H27NO. The van der Waals surface area contributed by atoms with Gasteiger partial charge in [0.15, 0.2) is 0 Å². The van der Waals surface area contributed by atoms with E-state index in [0.29, 0.717) is 6.04 Å².